The van der Waals surface area contributed by atoms with Gasteiger partial charge in [-0.05, 0) is 24.6 Å². The van der Waals surface area contributed by atoms with E-state index in [2.05, 4.69) is 15.7 Å². The largest absolute Gasteiger partial charge is 0.378 e. The highest BCUT2D eigenvalue weighted by Gasteiger charge is 2.04. The molecule has 1 amide bonds. The van der Waals surface area contributed by atoms with Crippen LogP contribution in [0.3, 0.4) is 0 Å². The number of hydrogen-bond donors (Lipinski definition) is 2. The summed E-state index contributed by atoms with van der Waals surface area (Å²) >= 11 is 0. The molecule has 0 aliphatic rings. The van der Waals surface area contributed by atoms with Gasteiger partial charge in [0.15, 0.2) is 0 Å². The van der Waals surface area contributed by atoms with Gasteiger partial charge in [-0.25, -0.2) is 0 Å². The lowest BCUT2D eigenvalue weighted by molar-refractivity contribution is 0.0963. The second-order valence-corrected chi connectivity index (χ2v) is 4.43. The molecular formula is C14H18N4O. The Kier molecular flexibility index (Phi) is 3.85. The Balaban J connectivity index is 2.00. The van der Waals surface area contributed by atoms with E-state index in [4.69, 9.17) is 0 Å². The number of hydrogen-bond acceptors (Lipinski definition) is 3. The molecule has 5 nitrogen and oxygen atoms in total. The molecule has 0 saturated carbocycles. The first-order chi connectivity index (χ1) is 9.10. The van der Waals surface area contributed by atoms with E-state index >= 15 is 0 Å². The summed E-state index contributed by atoms with van der Waals surface area (Å²) in [6, 6.07) is 7.55. The topological polar surface area (TPSA) is 59.0 Å². The van der Waals surface area contributed by atoms with E-state index in [9.17, 15) is 4.79 Å². The second kappa shape index (κ2) is 5.56. The maximum atomic E-state index is 11.4. The molecule has 5 heteroatoms. The van der Waals surface area contributed by atoms with Gasteiger partial charge in [0, 0.05) is 32.4 Å². The molecule has 2 rings (SSSR count). The molecule has 0 bridgehead atoms. The Labute approximate surface area is 112 Å². The monoisotopic (exact) mass is 258 g/mol. The quantitative estimate of drug-likeness (QED) is 0.877. The van der Waals surface area contributed by atoms with E-state index in [1.165, 1.54) is 0 Å². The van der Waals surface area contributed by atoms with Gasteiger partial charge in [-0.3, -0.25) is 9.48 Å². The molecular weight excluding hydrogens is 240 g/mol. The maximum absolute atomic E-state index is 11.4. The van der Waals surface area contributed by atoms with E-state index in [1.807, 2.05) is 44.4 Å². The molecule has 0 atom stereocenters. The van der Waals surface area contributed by atoms with Crippen LogP contribution in [0.25, 0.3) is 0 Å². The number of anilines is 1. The summed E-state index contributed by atoms with van der Waals surface area (Å²) in [5.74, 6) is -0.0670. The molecule has 1 aromatic carbocycles. The van der Waals surface area contributed by atoms with Crippen LogP contribution in [0.1, 0.15) is 21.6 Å². The van der Waals surface area contributed by atoms with Crippen LogP contribution in [0.2, 0.25) is 0 Å². The fourth-order valence-electron chi connectivity index (χ4n) is 1.89. The Morgan fingerprint density at radius 3 is 2.53 bits per heavy atom. The number of aromatic nitrogens is 2. The maximum Gasteiger partial charge on any atom is 0.251 e. The first-order valence-corrected chi connectivity index (χ1v) is 6.15. The van der Waals surface area contributed by atoms with Crippen molar-refractivity contribution in [3.8, 4) is 0 Å². The van der Waals surface area contributed by atoms with Crippen LogP contribution >= 0.6 is 0 Å². The van der Waals surface area contributed by atoms with Crippen LogP contribution in [-0.2, 0) is 13.6 Å². The van der Waals surface area contributed by atoms with Gasteiger partial charge < -0.3 is 10.6 Å². The van der Waals surface area contributed by atoms with E-state index in [0.717, 1.165) is 16.9 Å². The van der Waals surface area contributed by atoms with Gasteiger partial charge in [0.05, 0.1) is 11.4 Å². The molecule has 0 fully saturated rings. The van der Waals surface area contributed by atoms with Gasteiger partial charge in [-0.15, -0.1) is 0 Å². The molecule has 0 spiro atoms. The van der Waals surface area contributed by atoms with Crippen molar-refractivity contribution < 1.29 is 4.79 Å². The molecule has 0 aliphatic carbocycles. The van der Waals surface area contributed by atoms with E-state index in [0.29, 0.717) is 12.1 Å². The summed E-state index contributed by atoms with van der Waals surface area (Å²) in [6.45, 7) is 2.68. The van der Waals surface area contributed by atoms with Crippen molar-refractivity contribution in [3.63, 3.8) is 0 Å². The van der Waals surface area contributed by atoms with Gasteiger partial charge in [-0.1, -0.05) is 12.1 Å². The molecule has 0 saturated heterocycles. The summed E-state index contributed by atoms with van der Waals surface area (Å²) in [4.78, 5) is 11.4. The van der Waals surface area contributed by atoms with Crippen molar-refractivity contribution in [1.82, 2.24) is 15.1 Å². The molecule has 1 aromatic heterocycles. The lowest BCUT2D eigenvalue weighted by Gasteiger charge is -2.06. The third-order valence-electron chi connectivity index (χ3n) is 2.94. The standard InChI is InChI=1S/C14H18N4O/c1-10-13(9-18(3)17-10)16-8-11-4-6-12(7-5-11)14(19)15-2/h4-7,9,16H,8H2,1-3H3,(H,15,19). The zero-order chi connectivity index (χ0) is 13.8. The Hall–Kier alpha value is -2.30. The normalized spacial score (nSPS) is 10.3. The lowest BCUT2D eigenvalue weighted by atomic mass is 10.1. The highest BCUT2D eigenvalue weighted by Crippen LogP contribution is 2.13. The fraction of sp³-hybridized carbons (Fsp3) is 0.286. The number of nitrogens with zero attached hydrogens (tertiary/aromatic N) is 2. The van der Waals surface area contributed by atoms with Crippen LogP contribution < -0.4 is 10.6 Å². The minimum Gasteiger partial charge on any atom is -0.378 e. The highest BCUT2D eigenvalue weighted by molar-refractivity contribution is 5.93. The number of carbonyl (C=O) groups is 1. The zero-order valence-electron chi connectivity index (χ0n) is 11.4. The molecule has 0 aliphatic heterocycles. The van der Waals surface area contributed by atoms with E-state index in [-0.39, 0.29) is 5.91 Å². The van der Waals surface area contributed by atoms with Crippen LogP contribution in [0.4, 0.5) is 5.69 Å². The fourth-order valence-corrected chi connectivity index (χ4v) is 1.89. The highest BCUT2D eigenvalue weighted by atomic mass is 16.1. The van der Waals surface area contributed by atoms with Crippen molar-refractivity contribution in [3.05, 3.63) is 47.3 Å². The summed E-state index contributed by atoms with van der Waals surface area (Å²) in [5, 5.41) is 10.2. The second-order valence-electron chi connectivity index (χ2n) is 4.43. The van der Waals surface area contributed by atoms with Gasteiger partial charge in [0.1, 0.15) is 0 Å². The molecule has 0 unspecified atom stereocenters. The van der Waals surface area contributed by atoms with Crippen molar-refractivity contribution in [2.75, 3.05) is 12.4 Å². The van der Waals surface area contributed by atoms with Gasteiger partial charge >= 0.3 is 0 Å². The van der Waals surface area contributed by atoms with Crippen LogP contribution in [0, 0.1) is 6.92 Å². The number of aryl methyl sites for hydroxylation is 2. The van der Waals surface area contributed by atoms with Crippen LogP contribution in [-0.4, -0.2) is 22.7 Å². The minimum absolute atomic E-state index is 0.0670. The average molecular weight is 258 g/mol. The number of benzene rings is 1. The van der Waals surface area contributed by atoms with Gasteiger partial charge in [0.2, 0.25) is 0 Å². The number of rotatable bonds is 4. The summed E-state index contributed by atoms with van der Waals surface area (Å²) in [5.41, 5.74) is 3.79. The molecule has 1 heterocycles. The van der Waals surface area contributed by atoms with Crippen molar-refractivity contribution in [2.24, 2.45) is 7.05 Å². The zero-order valence-corrected chi connectivity index (χ0v) is 11.4. The molecule has 2 N–H and O–H groups in total. The van der Waals surface area contributed by atoms with Gasteiger partial charge in [-0.2, -0.15) is 5.10 Å². The van der Waals surface area contributed by atoms with Crippen LogP contribution in [0.5, 0.6) is 0 Å². The van der Waals surface area contributed by atoms with E-state index in [1.54, 1.807) is 11.7 Å². The molecule has 100 valence electrons. The molecule has 2 aromatic rings. The number of nitrogens with one attached hydrogen (secondary N) is 2. The Morgan fingerprint density at radius 1 is 1.32 bits per heavy atom. The molecule has 0 radical (unpaired) electrons. The number of amides is 1. The molecule has 19 heavy (non-hydrogen) atoms. The predicted octanol–water partition coefficient (Wildman–Crippen LogP) is 1.70. The van der Waals surface area contributed by atoms with E-state index < -0.39 is 0 Å². The first kappa shape index (κ1) is 13.1. The Bertz CT molecular complexity index is 572. The Morgan fingerprint density at radius 2 is 2.00 bits per heavy atom. The SMILES string of the molecule is CNC(=O)c1ccc(CNc2cn(C)nc2C)cc1. The van der Waals surface area contributed by atoms with Crippen molar-refractivity contribution >= 4 is 11.6 Å². The minimum atomic E-state index is -0.0670. The third-order valence-corrected chi connectivity index (χ3v) is 2.94. The smallest absolute Gasteiger partial charge is 0.251 e. The number of carbonyl (C=O) groups excluding carboxylic acids is 1. The van der Waals surface area contributed by atoms with Crippen molar-refractivity contribution in [2.45, 2.75) is 13.5 Å². The average Bonchev–Trinajstić information content (AvgIpc) is 2.74. The van der Waals surface area contributed by atoms with Crippen LogP contribution in [0.15, 0.2) is 30.5 Å². The van der Waals surface area contributed by atoms with Crippen molar-refractivity contribution in [1.29, 1.82) is 0 Å². The summed E-state index contributed by atoms with van der Waals surface area (Å²) in [7, 11) is 3.53. The lowest BCUT2D eigenvalue weighted by Crippen LogP contribution is -2.17. The summed E-state index contributed by atoms with van der Waals surface area (Å²) in [6.07, 6.45) is 1.95. The van der Waals surface area contributed by atoms with Gasteiger partial charge in [0.25, 0.3) is 5.91 Å². The third kappa shape index (κ3) is 3.13. The first-order valence-electron chi connectivity index (χ1n) is 6.15. The predicted molar refractivity (Wildman–Crippen MR) is 75.1 cm³/mol. The summed E-state index contributed by atoms with van der Waals surface area (Å²) < 4.78 is 1.78.